The minimum absolute atomic E-state index is 0.0421. The lowest BCUT2D eigenvalue weighted by Crippen LogP contribution is -2.64. The summed E-state index contributed by atoms with van der Waals surface area (Å²) in [7, 11) is 1.68. The molecular weight excluding hydrogens is 544 g/mol. The highest BCUT2D eigenvalue weighted by atomic mass is 19.1. The number of halogens is 2. The maximum Gasteiger partial charge on any atom is 0.334 e. The second-order valence-electron chi connectivity index (χ2n) is 9.99. The predicted molar refractivity (Wildman–Crippen MR) is 155 cm³/mol. The monoisotopic (exact) mass is 581 g/mol. The number of carbonyl (C=O) groups is 3. The lowest BCUT2D eigenvalue weighted by molar-refractivity contribution is -0.139. The van der Waals surface area contributed by atoms with Gasteiger partial charge in [-0.05, 0) is 54.8 Å². The van der Waals surface area contributed by atoms with E-state index in [-0.39, 0.29) is 30.9 Å². The normalized spacial score (nSPS) is 12.3. The molecule has 3 aromatic rings. The third-order valence-electron chi connectivity index (χ3n) is 6.97. The summed E-state index contributed by atoms with van der Waals surface area (Å²) < 4.78 is 28.4. The molecule has 0 radical (unpaired) electrons. The molecule has 224 valence electrons. The molecule has 42 heavy (non-hydrogen) atoms. The minimum atomic E-state index is -1.02. The molecular formula is C31H37F2N5O4. The Morgan fingerprint density at radius 3 is 2.29 bits per heavy atom. The number of benzene rings is 3. The summed E-state index contributed by atoms with van der Waals surface area (Å²) in [6.45, 7) is 3.76. The number of nitrogens with one attached hydrogen (secondary N) is 1. The molecule has 0 aliphatic rings. The van der Waals surface area contributed by atoms with Gasteiger partial charge in [0, 0.05) is 38.3 Å². The van der Waals surface area contributed by atoms with E-state index in [2.05, 4.69) is 5.32 Å². The maximum atomic E-state index is 14.5. The summed E-state index contributed by atoms with van der Waals surface area (Å²) in [4.78, 5) is 41.2. The molecule has 3 aromatic carbocycles. The van der Waals surface area contributed by atoms with Crippen LogP contribution in [0.15, 0.2) is 72.8 Å². The average Bonchev–Trinajstić information content (AvgIpc) is 2.99. The number of aromatic hydroxyl groups is 1. The van der Waals surface area contributed by atoms with Crippen molar-refractivity contribution >= 4 is 18.9 Å². The van der Waals surface area contributed by atoms with Crippen molar-refractivity contribution in [3.05, 3.63) is 101 Å². The van der Waals surface area contributed by atoms with Gasteiger partial charge in [0.15, 0.2) is 0 Å². The van der Waals surface area contributed by atoms with Crippen LogP contribution in [0.2, 0.25) is 0 Å². The van der Waals surface area contributed by atoms with Gasteiger partial charge in [-0.2, -0.15) is 0 Å². The number of hydrazine groups is 1. The van der Waals surface area contributed by atoms with Gasteiger partial charge >= 0.3 is 6.03 Å². The molecule has 0 heterocycles. The molecule has 1 unspecified atom stereocenters. The van der Waals surface area contributed by atoms with Gasteiger partial charge in [-0.1, -0.05) is 49.4 Å². The Hall–Kier alpha value is -4.51. The molecule has 0 aliphatic carbocycles. The van der Waals surface area contributed by atoms with Crippen molar-refractivity contribution in [2.75, 3.05) is 20.1 Å². The van der Waals surface area contributed by atoms with Crippen LogP contribution in [0.25, 0.3) is 0 Å². The van der Waals surface area contributed by atoms with E-state index in [1.165, 1.54) is 14.8 Å². The number of phenolic OH excluding ortho intramolecular Hbond substituents is 1. The highest BCUT2D eigenvalue weighted by molar-refractivity contribution is 5.74. The second-order valence-corrected chi connectivity index (χ2v) is 9.99. The first kappa shape index (κ1) is 32.0. The number of carbonyl (C=O) groups excluding carboxylic acids is 3. The fraction of sp³-hybridized carbons (Fsp3) is 0.323. The molecule has 9 nitrogen and oxygen atoms in total. The molecule has 0 bridgehead atoms. The van der Waals surface area contributed by atoms with Gasteiger partial charge in [-0.25, -0.2) is 23.6 Å². The van der Waals surface area contributed by atoms with Crippen molar-refractivity contribution in [3.63, 3.8) is 0 Å². The van der Waals surface area contributed by atoms with E-state index >= 15 is 0 Å². The molecule has 0 saturated heterocycles. The highest BCUT2D eigenvalue weighted by Gasteiger charge is 2.35. The van der Waals surface area contributed by atoms with Crippen LogP contribution in [0.3, 0.4) is 0 Å². The number of hydrogen-bond donors (Lipinski definition) is 2. The summed E-state index contributed by atoms with van der Waals surface area (Å²) in [5.74, 6) is -1.23. The molecule has 2 atom stereocenters. The standard InChI is InChI=1S/C31H37F2N5O4/c1-4-35(3)38(31(42)34-18-25-8-6-5-7-9-25)30(20-36(21-39)19-26-17-27(32)12-15-29(26)33)37(22-40)23(2)16-24-10-13-28(41)14-11-24/h5-15,17,21-23,30,41H,4,16,18-20H2,1-3H3,(H,34,42)/t23-,30?/m1/s1. The Morgan fingerprint density at radius 1 is 0.976 bits per heavy atom. The van der Waals surface area contributed by atoms with E-state index in [0.717, 1.165) is 29.3 Å². The van der Waals surface area contributed by atoms with Gasteiger partial charge in [-0.15, -0.1) is 0 Å². The molecule has 2 N–H and O–H groups in total. The Morgan fingerprint density at radius 2 is 1.67 bits per heavy atom. The van der Waals surface area contributed by atoms with Gasteiger partial charge in [-0.3, -0.25) is 9.59 Å². The van der Waals surface area contributed by atoms with Crippen molar-refractivity contribution in [3.8, 4) is 5.75 Å². The summed E-state index contributed by atoms with van der Waals surface area (Å²) in [5.41, 5.74) is 1.66. The number of hydrogen-bond acceptors (Lipinski definition) is 5. The van der Waals surface area contributed by atoms with E-state index in [1.807, 2.05) is 37.3 Å². The predicted octanol–water partition coefficient (Wildman–Crippen LogP) is 4.12. The van der Waals surface area contributed by atoms with Crippen LogP contribution in [0.1, 0.15) is 30.5 Å². The number of rotatable bonds is 15. The van der Waals surface area contributed by atoms with E-state index < -0.39 is 29.9 Å². The van der Waals surface area contributed by atoms with Crippen molar-refractivity contribution < 1.29 is 28.3 Å². The van der Waals surface area contributed by atoms with Crippen LogP contribution in [-0.4, -0.2) is 76.1 Å². The van der Waals surface area contributed by atoms with Gasteiger partial charge < -0.3 is 20.2 Å². The quantitative estimate of drug-likeness (QED) is 0.160. The van der Waals surface area contributed by atoms with E-state index in [0.29, 0.717) is 25.8 Å². The third kappa shape index (κ3) is 8.74. The Balaban J connectivity index is 1.97. The zero-order chi connectivity index (χ0) is 30.6. The first-order chi connectivity index (χ1) is 20.2. The molecule has 0 aliphatic heterocycles. The van der Waals surface area contributed by atoms with Crippen LogP contribution >= 0.6 is 0 Å². The molecule has 11 heteroatoms. The van der Waals surface area contributed by atoms with Crippen LogP contribution < -0.4 is 5.32 Å². The molecule has 0 fully saturated rings. The van der Waals surface area contributed by atoms with Crippen LogP contribution in [0.5, 0.6) is 5.75 Å². The number of nitrogens with zero attached hydrogens (tertiary/aromatic N) is 4. The first-order valence-corrected chi connectivity index (χ1v) is 13.6. The van der Waals surface area contributed by atoms with Crippen LogP contribution in [0.4, 0.5) is 13.6 Å². The largest absolute Gasteiger partial charge is 0.508 e. The Kier molecular flexibility index (Phi) is 11.8. The third-order valence-corrected chi connectivity index (χ3v) is 6.97. The fourth-order valence-electron chi connectivity index (χ4n) is 4.61. The molecule has 3 rings (SSSR count). The fourth-order valence-corrected chi connectivity index (χ4v) is 4.61. The van der Waals surface area contributed by atoms with E-state index in [4.69, 9.17) is 0 Å². The maximum absolute atomic E-state index is 14.5. The van der Waals surface area contributed by atoms with Gasteiger partial charge in [0.1, 0.15) is 23.5 Å². The lowest BCUT2D eigenvalue weighted by atomic mass is 10.1. The van der Waals surface area contributed by atoms with Crippen LogP contribution in [0, 0.1) is 11.6 Å². The topological polar surface area (TPSA) is 96.4 Å². The first-order valence-electron chi connectivity index (χ1n) is 13.6. The highest BCUT2D eigenvalue weighted by Crippen LogP contribution is 2.20. The molecule has 0 saturated carbocycles. The Labute approximate surface area is 244 Å². The summed E-state index contributed by atoms with van der Waals surface area (Å²) in [6.07, 6.45) is 0.460. The summed E-state index contributed by atoms with van der Waals surface area (Å²) in [6, 6.07) is 17.9. The van der Waals surface area contributed by atoms with Crippen molar-refractivity contribution in [1.29, 1.82) is 0 Å². The Bertz CT molecular complexity index is 1310. The van der Waals surface area contributed by atoms with Gasteiger partial charge in [0.25, 0.3) is 0 Å². The lowest BCUT2D eigenvalue weighted by Gasteiger charge is -2.45. The summed E-state index contributed by atoms with van der Waals surface area (Å²) >= 11 is 0. The van der Waals surface area contributed by atoms with Crippen LogP contribution in [-0.2, 0) is 29.1 Å². The van der Waals surface area contributed by atoms with Gasteiger partial charge in [0.2, 0.25) is 12.8 Å². The smallest absolute Gasteiger partial charge is 0.334 e. The zero-order valence-corrected chi connectivity index (χ0v) is 24.0. The van der Waals surface area contributed by atoms with Crippen molar-refractivity contribution in [2.24, 2.45) is 0 Å². The number of phenols is 1. The van der Waals surface area contributed by atoms with E-state index in [9.17, 15) is 28.3 Å². The number of urea groups is 1. The summed E-state index contributed by atoms with van der Waals surface area (Å²) in [5, 5.41) is 15.5. The molecule has 0 aromatic heterocycles. The second kappa shape index (κ2) is 15.5. The zero-order valence-electron chi connectivity index (χ0n) is 24.0. The van der Waals surface area contributed by atoms with Gasteiger partial charge in [0.05, 0.1) is 6.54 Å². The van der Waals surface area contributed by atoms with Crippen molar-refractivity contribution in [2.45, 2.75) is 45.6 Å². The SMILES string of the molecule is CCN(C)N(C(=O)NCc1ccccc1)C(CN(C=O)Cc1cc(F)ccc1F)N(C=O)[C@H](C)Cc1ccc(O)cc1. The molecule has 4 amide bonds. The molecule has 0 spiro atoms. The van der Waals surface area contributed by atoms with E-state index in [1.54, 1.807) is 43.2 Å². The average molecular weight is 582 g/mol. The minimum Gasteiger partial charge on any atom is -0.508 e. The van der Waals surface area contributed by atoms with Crippen molar-refractivity contribution in [1.82, 2.24) is 25.1 Å². The number of amides is 4.